The summed E-state index contributed by atoms with van der Waals surface area (Å²) >= 11 is 13.7. The van der Waals surface area contributed by atoms with Gasteiger partial charge in [0.1, 0.15) is 4.88 Å². The number of fused-ring (bicyclic) bond motifs is 1. The highest BCUT2D eigenvalue weighted by Crippen LogP contribution is 2.41. The van der Waals surface area contributed by atoms with Gasteiger partial charge in [-0.15, -0.1) is 11.3 Å². The van der Waals surface area contributed by atoms with E-state index in [4.69, 9.17) is 23.2 Å². The summed E-state index contributed by atoms with van der Waals surface area (Å²) in [5.41, 5.74) is 1.33. The third-order valence-electron chi connectivity index (χ3n) is 5.16. The lowest BCUT2D eigenvalue weighted by Crippen LogP contribution is -2.19. The summed E-state index contributed by atoms with van der Waals surface area (Å²) in [5.74, 6) is -0.249. The molecule has 0 atom stereocenters. The van der Waals surface area contributed by atoms with E-state index >= 15 is 0 Å². The molecular formula is C21H16Cl2N2OS. The average molecular weight is 415 g/mol. The summed E-state index contributed by atoms with van der Waals surface area (Å²) in [7, 11) is 0. The second-order valence-corrected chi connectivity index (χ2v) is 8.68. The molecule has 1 aliphatic carbocycles. The molecule has 0 unspecified atom stereocenters. The van der Waals surface area contributed by atoms with Gasteiger partial charge in [-0.1, -0.05) is 54.2 Å². The van der Waals surface area contributed by atoms with Gasteiger partial charge < -0.3 is 5.32 Å². The smallest absolute Gasteiger partial charge is 0.267 e. The van der Waals surface area contributed by atoms with Crippen molar-refractivity contribution in [2.45, 2.75) is 31.1 Å². The van der Waals surface area contributed by atoms with Crippen molar-refractivity contribution in [3.05, 3.63) is 63.0 Å². The van der Waals surface area contributed by atoms with E-state index in [9.17, 15) is 10.1 Å². The van der Waals surface area contributed by atoms with Crippen molar-refractivity contribution >= 4 is 56.2 Å². The van der Waals surface area contributed by atoms with Gasteiger partial charge in [0.15, 0.2) is 0 Å². The highest BCUT2D eigenvalue weighted by Gasteiger charge is 2.35. The third kappa shape index (κ3) is 3.32. The molecule has 27 heavy (non-hydrogen) atoms. The Morgan fingerprint density at radius 3 is 2.48 bits per heavy atom. The van der Waals surface area contributed by atoms with Crippen LogP contribution in [0.4, 0.5) is 5.69 Å². The van der Waals surface area contributed by atoms with Crippen LogP contribution in [0.5, 0.6) is 0 Å². The maximum Gasteiger partial charge on any atom is 0.267 e. The topological polar surface area (TPSA) is 52.9 Å². The van der Waals surface area contributed by atoms with Gasteiger partial charge in [0.05, 0.1) is 16.5 Å². The summed E-state index contributed by atoms with van der Waals surface area (Å²) in [5, 5.41) is 14.4. The normalized spacial score (nSPS) is 15.6. The summed E-state index contributed by atoms with van der Waals surface area (Å²) in [6.07, 6.45) is 3.96. The van der Waals surface area contributed by atoms with Crippen LogP contribution in [0, 0.1) is 11.3 Å². The van der Waals surface area contributed by atoms with Crippen molar-refractivity contribution in [3.63, 3.8) is 0 Å². The van der Waals surface area contributed by atoms with Gasteiger partial charge in [-0.2, -0.15) is 5.26 Å². The third-order valence-corrected chi connectivity index (χ3v) is 7.06. The zero-order valence-corrected chi connectivity index (χ0v) is 16.7. The predicted octanol–water partition coefficient (Wildman–Crippen LogP) is 6.80. The molecule has 2 aromatic carbocycles. The number of benzene rings is 2. The molecule has 1 saturated carbocycles. The molecule has 6 heteroatoms. The first kappa shape index (κ1) is 18.3. The van der Waals surface area contributed by atoms with Gasteiger partial charge in [-0.25, -0.2) is 0 Å². The number of halogens is 2. The molecule has 4 rings (SSSR count). The van der Waals surface area contributed by atoms with Gasteiger partial charge in [0.25, 0.3) is 5.91 Å². The van der Waals surface area contributed by atoms with Crippen LogP contribution in [-0.4, -0.2) is 5.91 Å². The van der Waals surface area contributed by atoms with E-state index in [2.05, 4.69) is 11.4 Å². The maximum absolute atomic E-state index is 12.7. The Labute approximate surface area is 171 Å². The van der Waals surface area contributed by atoms with E-state index in [0.717, 1.165) is 41.3 Å². The number of carbonyl (C=O) groups excluding carboxylic acids is 1. The van der Waals surface area contributed by atoms with E-state index in [1.807, 2.05) is 36.4 Å². The van der Waals surface area contributed by atoms with Gasteiger partial charge in [0, 0.05) is 20.8 Å². The van der Waals surface area contributed by atoms with Gasteiger partial charge in [-0.05, 0) is 42.7 Å². The number of hydrogen-bond acceptors (Lipinski definition) is 3. The number of nitriles is 1. The van der Waals surface area contributed by atoms with Crippen LogP contribution in [0.2, 0.25) is 10.0 Å². The number of nitrogens with zero attached hydrogens (tertiary/aromatic N) is 1. The first-order valence-corrected chi connectivity index (χ1v) is 10.3. The number of hydrogen-bond donors (Lipinski definition) is 1. The molecule has 1 aromatic heterocycles. The fourth-order valence-corrected chi connectivity index (χ4v) is 5.38. The number of rotatable bonds is 3. The lowest BCUT2D eigenvalue weighted by atomic mass is 9.80. The van der Waals surface area contributed by atoms with Crippen LogP contribution in [0.1, 0.15) is 40.9 Å². The lowest BCUT2D eigenvalue weighted by Gasteiger charge is -2.20. The van der Waals surface area contributed by atoms with E-state index in [1.165, 1.54) is 11.3 Å². The number of anilines is 1. The van der Waals surface area contributed by atoms with E-state index in [-0.39, 0.29) is 11.3 Å². The highest BCUT2D eigenvalue weighted by atomic mass is 35.5. The van der Waals surface area contributed by atoms with Crippen LogP contribution < -0.4 is 5.32 Å². The monoisotopic (exact) mass is 414 g/mol. The standard InChI is InChI=1S/C21H16Cl2N2OS/c22-14-5-8-16-17(11-14)27-19(18(16)23)20(26)25-15-6-3-13(4-7-15)21(12-24)9-1-2-10-21/h3-8,11H,1-2,9-10H2,(H,25,26). The van der Waals surface area contributed by atoms with Gasteiger partial charge in [-0.3, -0.25) is 4.79 Å². The molecule has 1 amide bonds. The molecule has 136 valence electrons. The fourth-order valence-electron chi connectivity index (χ4n) is 3.69. The van der Waals surface area contributed by atoms with E-state index in [1.54, 1.807) is 6.07 Å². The molecule has 0 radical (unpaired) electrons. The Kier molecular flexibility index (Phi) is 4.86. The SMILES string of the molecule is N#CC1(c2ccc(NC(=O)c3sc4cc(Cl)ccc4c3Cl)cc2)CCCC1. The molecule has 0 bridgehead atoms. The average Bonchev–Trinajstić information content (AvgIpc) is 3.28. The Hall–Kier alpha value is -2.06. The van der Waals surface area contributed by atoms with Crippen LogP contribution in [0.3, 0.4) is 0 Å². The Morgan fingerprint density at radius 2 is 1.81 bits per heavy atom. The molecule has 0 spiro atoms. The summed E-state index contributed by atoms with van der Waals surface area (Å²) in [4.78, 5) is 13.1. The molecule has 3 nitrogen and oxygen atoms in total. The van der Waals surface area contributed by atoms with Crippen LogP contribution in [0.15, 0.2) is 42.5 Å². The van der Waals surface area contributed by atoms with Crippen LogP contribution in [0.25, 0.3) is 10.1 Å². The predicted molar refractivity (Wildman–Crippen MR) is 112 cm³/mol. The van der Waals surface area contributed by atoms with Crippen molar-refractivity contribution in [3.8, 4) is 6.07 Å². The first-order valence-electron chi connectivity index (χ1n) is 8.73. The minimum absolute atomic E-state index is 0.249. The molecule has 1 N–H and O–H groups in total. The van der Waals surface area contributed by atoms with Crippen LogP contribution >= 0.6 is 34.5 Å². The molecule has 1 heterocycles. The van der Waals surface area contributed by atoms with Crippen molar-refractivity contribution in [2.75, 3.05) is 5.32 Å². The zero-order chi connectivity index (χ0) is 19.0. The maximum atomic E-state index is 12.7. The second kappa shape index (κ2) is 7.16. The molecule has 0 aliphatic heterocycles. The first-order chi connectivity index (χ1) is 13.0. The molecule has 0 saturated heterocycles. The van der Waals surface area contributed by atoms with E-state index in [0.29, 0.717) is 20.6 Å². The quantitative estimate of drug-likeness (QED) is 0.512. The number of nitrogens with one attached hydrogen (secondary N) is 1. The lowest BCUT2D eigenvalue weighted by molar-refractivity contribution is 0.103. The summed E-state index contributed by atoms with van der Waals surface area (Å²) < 4.78 is 0.880. The fraction of sp³-hybridized carbons (Fsp3) is 0.238. The molecule has 3 aromatic rings. The Morgan fingerprint density at radius 1 is 1.11 bits per heavy atom. The summed E-state index contributed by atoms with van der Waals surface area (Å²) in [6, 6.07) is 15.5. The van der Waals surface area contributed by atoms with Crippen molar-refractivity contribution in [1.82, 2.24) is 0 Å². The van der Waals surface area contributed by atoms with Crippen molar-refractivity contribution in [2.24, 2.45) is 0 Å². The highest BCUT2D eigenvalue weighted by molar-refractivity contribution is 7.21. The summed E-state index contributed by atoms with van der Waals surface area (Å²) in [6.45, 7) is 0. The second-order valence-electron chi connectivity index (χ2n) is 6.82. The minimum atomic E-state index is -0.378. The van der Waals surface area contributed by atoms with Crippen molar-refractivity contribution < 1.29 is 4.79 Å². The number of thiophene rings is 1. The van der Waals surface area contributed by atoms with Crippen LogP contribution in [-0.2, 0) is 5.41 Å². The van der Waals surface area contributed by atoms with Gasteiger partial charge in [0.2, 0.25) is 0 Å². The molecule has 1 fully saturated rings. The molecule has 1 aliphatic rings. The van der Waals surface area contributed by atoms with Gasteiger partial charge >= 0.3 is 0 Å². The largest absolute Gasteiger partial charge is 0.321 e. The van der Waals surface area contributed by atoms with E-state index < -0.39 is 0 Å². The van der Waals surface area contributed by atoms with Crippen molar-refractivity contribution in [1.29, 1.82) is 5.26 Å². The Bertz CT molecular complexity index is 1060. The molecular weight excluding hydrogens is 399 g/mol. The number of carbonyl (C=O) groups is 1. The Balaban J connectivity index is 1.57. The minimum Gasteiger partial charge on any atom is -0.321 e. The number of amides is 1. The zero-order valence-electron chi connectivity index (χ0n) is 14.4.